The van der Waals surface area contributed by atoms with Crippen LogP contribution in [0.2, 0.25) is 0 Å². The Bertz CT molecular complexity index is 578. The van der Waals surface area contributed by atoms with Gasteiger partial charge in [0.2, 0.25) is 0 Å². The van der Waals surface area contributed by atoms with Gasteiger partial charge in [0.25, 0.3) is 5.91 Å². The summed E-state index contributed by atoms with van der Waals surface area (Å²) in [5.41, 5.74) is 0.490. The van der Waals surface area contributed by atoms with E-state index in [9.17, 15) is 4.79 Å². The molecule has 1 unspecified atom stereocenters. The zero-order valence-corrected chi connectivity index (χ0v) is 12.6. The molecule has 100 valence electrons. The fraction of sp³-hybridized carbons (Fsp3) is 0.333. The van der Waals surface area contributed by atoms with Crippen LogP contribution in [0.15, 0.2) is 36.5 Å². The van der Waals surface area contributed by atoms with Crippen molar-refractivity contribution >= 4 is 32.6 Å². The van der Waals surface area contributed by atoms with Crippen molar-refractivity contribution in [2.45, 2.75) is 19.9 Å². The van der Waals surface area contributed by atoms with Crippen LogP contribution in [0, 0.1) is 5.92 Å². The Balaban J connectivity index is 2.31. The monoisotopic (exact) mass is 320 g/mol. The zero-order chi connectivity index (χ0) is 13.8. The molecule has 4 heteroatoms. The second-order valence-corrected chi connectivity index (χ2v) is 5.51. The van der Waals surface area contributed by atoms with Crippen molar-refractivity contribution in [1.82, 2.24) is 10.3 Å². The van der Waals surface area contributed by atoms with Crippen molar-refractivity contribution in [1.29, 1.82) is 0 Å². The number of hydrogen-bond donors (Lipinski definition) is 1. The van der Waals surface area contributed by atoms with Crippen molar-refractivity contribution in [3.63, 3.8) is 0 Å². The summed E-state index contributed by atoms with van der Waals surface area (Å²) in [6, 6.07) is 9.81. The lowest BCUT2D eigenvalue weighted by Crippen LogP contribution is -2.40. The second-order valence-electron chi connectivity index (χ2n) is 4.86. The van der Waals surface area contributed by atoms with Crippen LogP contribution in [-0.2, 0) is 0 Å². The molecule has 19 heavy (non-hydrogen) atoms. The zero-order valence-electron chi connectivity index (χ0n) is 11.1. The van der Waals surface area contributed by atoms with Gasteiger partial charge in [-0.15, -0.1) is 0 Å². The number of carbonyl (C=O) groups is 1. The van der Waals surface area contributed by atoms with E-state index in [0.29, 0.717) is 11.6 Å². The lowest BCUT2D eigenvalue weighted by Gasteiger charge is -2.20. The van der Waals surface area contributed by atoms with Gasteiger partial charge in [0.1, 0.15) is 5.69 Å². The van der Waals surface area contributed by atoms with Gasteiger partial charge in [0.15, 0.2) is 0 Å². The first-order valence-corrected chi connectivity index (χ1v) is 7.46. The number of rotatable bonds is 4. The Hall–Kier alpha value is -1.42. The van der Waals surface area contributed by atoms with Crippen molar-refractivity contribution in [3.8, 4) is 0 Å². The number of nitrogens with zero attached hydrogens (tertiary/aromatic N) is 1. The largest absolute Gasteiger partial charge is 0.347 e. The number of alkyl halides is 1. The molecule has 3 nitrogen and oxygen atoms in total. The third-order valence-electron chi connectivity index (χ3n) is 3.18. The predicted molar refractivity (Wildman–Crippen MR) is 81.6 cm³/mol. The fourth-order valence-electron chi connectivity index (χ4n) is 1.92. The van der Waals surface area contributed by atoms with E-state index in [4.69, 9.17) is 0 Å². The van der Waals surface area contributed by atoms with E-state index < -0.39 is 0 Å². The van der Waals surface area contributed by atoms with Crippen molar-refractivity contribution in [2.24, 2.45) is 5.92 Å². The Morgan fingerprint density at radius 1 is 1.32 bits per heavy atom. The molecule has 1 atom stereocenters. The van der Waals surface area contributed by atoms with Crippen LogP contribution < -0.4 is 5.32 Å². The molecule has 2 rings (SSSR count). The summed E-state index contributed by atoms with van der Waals surface area (Å²) in [6.45, 7) is 4.17. The molecule has 0 radical (unpaired) electrons. The molecule has 1 amide bonds. The lowest BCUT2D eigenvalue weighted by molar-refractivity contribution is 0.0928. The summed E-state index contributed by atoms with van der Waals surface area (Å²) in [6.07, 6.45) is 1.68. The number of carbonyl (C=O) groups excluding carboxylic acids is 1. The number of halogens is 1. The van der Waals surface area contributed by atoms with Crippen LogP contribution in [0.5, 0.6) is 0 Å². The number of hydrogen-bond acceptors (Lipinski definition) is 2. The minimum atomic E-state index is -0.116. The molecular formula is C15H17BrN2O. The van der Waals surface area contributed by atoms with Gasteiger partial charge >= 0.3 is 0 Å². The van der Waals surface area contributed by atoms with E-state index in [1.165, 1.54) is 0 Å². The quantitative estimate of drug-likeness (QED) is 0.877. The molecule has 1 aromatic heterocycles. The first-order valence-electron chi connectivity index (χ1n) is 6.34. The molecule has 1 aromatic carbocycles. The van der Waals surface area contributed by atoms with Gasteiger partial charge in [-0.2, -0.15) is 0 Å². The Morgan fingerprint density at radius 3 is 2.74 bits per heavy atom. The number of pyridine rings is 1. The van der Waals surface area contributed by atoms with E-state index in [0.717, 1.165) is 16.1 Å². The summed E-state index contributed by atoms with van der Waals surface area (Å²) in [5, 5.41) is 5.68. The number of fused-ring (bicyclic) bond motifs is 1. The van der Waals surface area contributed by atoms with Crippen LogP contribution in [0.1, 0.15) is 24.3 Å². The first kappa shape index (κ1) is 14.0. The van der Waals surface area contributed by atoms with Gasteiger partial charge in [-0.05, 0) is 17.4 Å². The molecule has 0 bridgehead atoms. The van der Waals surface area contributed by atoms with Gasteiger partial charge in [0, 0.05) is 23.0 Å². The van der Waals surface area contributed by atoms with E-state index >= 15 is 0 Å². The van der Waals surface area contributed by atoms with Crippen LogP contribution in [0.3, 0.4) is 0 Å². The molecule has 0 aliphatic rings. The molecule has 0 spiro atoms. The Labute approximate surface area is 121 Å². The number of benzene rings is 1. The van der Waals surface area contributed by atoms with Gasteiger partial charge in [-0.3, -0.25) is 9.78 Å². The van der Waals surface area contributed by atoms with Gasteiger partial charge in [-0.25, -0.2) is 0 Å². The Morgan fingerprint density at radius 2 is 2.05 bits per heavy atom. The number of aromatic nitrogens is 1. The highest BCUT2D eigenvalue weighted by molar-refractivity contribution is 9.09. The minimum absolute atomic E-state index is 0.105. The highest BCUT2D eigenvalue weighted by Gasteiger charge is 2.18. The number of nitrogens with one attached hydrogen (secondary N) is 1. The van der Waals surface area contributed by atoms with Crippen LogP contribution in [0.4, 0.5) is 0 Å². The molecule has 0 saturated carbocycles. The Kier molecular flexibility index (Phi) is 4.53. The summed E-state index contributed by atoms with van der Waals surface area (Å²) in [4.78, 5) is 16.6. The summed E-state index contributed by atoms with van der Waals surface area (Å²) in [7, 11) is 0. The third kappa shape index (κ3) is 3.13. The predicted octanol–water partition coefficient (Wildman–Crippen LogP) is 3.38. The van der Waals surface area contributed by atoms with E-state index in [2.05, 4.69) is 40.1 Å². The second kappa shape index (κ2) is 6.15. The van der Waals surface area contributed by atoms with E-state index in [1.54, 1.807) is 6.20 Å². The van der Waals surface area contributed by atoms with E-state index in [1.807, 2.05) is 30.3 Å². The number of amides is 1. The van der Waals surface area contributed by atoms with Crippen molar-refractivity contribution in [3.05, 3.63) is 42.2 Å². The summed E-state index contributed by atoms with van der Waals surface area (Å²) >= 11 is 3.43. The molecular weight excluding hydrogens is 304 g/mol. The van der Waals surface area contributed by atoms with Gasteiger partial charge in [0.05, 0.1) is 0 Å². The average Bonchev–Trinajstić information content (AvgIpc) is 2.43. The third-order valence-corrected chi connectivity index (χ3v) is 3.87. The smallest absolute Gasteiger partial charge is 0.270 e. The molecule has 0 saturated heterocycles. The van der Waals surface area contributed by atoms with Gasteiger partial charge < -0.3 is 5.32 Å². The molecule has 2 aromatic rings. The highest BCUT2D eigenvalue weighted by atomic mass is 79.9. The highest BCUT2D eigenvalue weighted by Crippen LogP contribution is 2.16. The maximum atomic E-state index is 12.3. The van der Waals surface area contributed by atoms with Gasteiger partial charge in [-0.1, -0.05) is 54.0 Å². The molecule has 0 aliphatic heterocycles. The normalized spacial score (nSPS) is 12.6. The fourth-order valence-corrected chi connectivity index (χ4v) is 2.83. The maximum Gasteiger partial charge on any atom is 0.270 e. The standard InChI is InChI=1S/C15H17BrN2O/c1-10(2)13(9-16)18-15(19)14-12-6-4-3-5-11(12)7-8-17-14/h3-8,10,13H,9H2,1-2H3,(H,18,19). The topological polar surface area (TPSA) is 42.0 Å². The first-order chi connectivity index (χ1) is 9.13. The summed E-state index contributed by atoms with van der Waals surface area (Å²) < 4.78 is 0. The van der Waals surface area contributed by atoms with Crippen LogP contribution in [0.25, 0.3) is 10.8 Å². The molecule has 1 N–H and O–H groups in total. The average molecular weight is 321 g/mol. The molecule has 1 heterocycles. The molecule has 0 aliphatic carbocycles. The van der Waals surface area contributed by atoms with Crippen LogP contribution in [-0.4, -0.2) is 22.3 Å². The maximum absolute atomic E-state index is 12.3. The van der Waals surface area contributed by atoms with Crippen LogP contribution >= 0.6 is 15.9 Å². The van der Waals surface area contributed by atoms with E-state index in [-0.39, 0.29) is 11.9 Å². The SMILES string of the molecule is CC(C)C(CBr)NC(=O)c1nccc2ccccc12. The summed E-state index contributed by atoms with van der Waals surface area (Å²) in [5.74, 6) is 0.258. The van der Waals surface area contributed by atoms with Crippen molar-refractivity contribution in [2.75, 3.05) is 5.33 Å². The molecule has 0 fully saturated rings. The lowest BCUT2D eigenvalue weighted by atomic mass is 10.1. The minimum Gasteiger partial charge on any atom is -0.347 e. The van der Waals surface area contributed by atoms with Crippen molar-refractivity contribution < 1.29 is 4.79 Å².